The Labute approximate surface area is 85.8 Å². The SMILES string of the molecule is CC#CC12CCC=C3C4CC(C1)C34C2. The minimum Gasteiger partial charge on any atom is -0.106 e. The first-order valence-electron chi connectivity index (χ1n) is 5.95. The lowest BCUT2D eigenvalue weighted by Gasteiger charge is -2.27. The fourth-order valence-electron chi connectivity index (χ4n) is 4.87. The summed E-state index contributed by atoms with van der Waals surface area (Å²) in [6.45, 7) is 2.01. The number of allylic oxidation sites excluding steroid dienone is 2. The quantitative estimate of drug-likeness (QED) is 0.401. The van der Waals surface area contributed by atoms with Gasteiger partial charge in [-0.1, -0.05) is 17.6 Å². The van der Waals surface area contributed by atoms with Gasteiger partial charge in [-0.15, -0.1) is 5.92 Å². The van der Waals surface area contributed by atoms with Crippen LogP contribution in [0, 0.1) is 34.5 Å². The minimum absolute atomic E-state index is 0.433. The zero-order chi connectivity index (χ0) is 9.39. The lowest BCUT2D eigenvalue weighted by molar-refractivity contribution is 0.202. The van der Waals surface area contributed by atoms with E-state index in [-0.39, 0.29) is 0 Å². The van der Waals surface area contributed by atoms with Crippen LogP contribution in [0.3, 0.4) is 0 Å². The number of hydrogen-bond acceptors (Lipinski definition) is 0. The molecule has 4 aliphatic carbocycles. The van der Waals surface area contributed by atoms with E-state index in [0.717, 1.165) is 17.3 Å². The summed E-state index contributed by atoms with van der Waals surface area (Å²) in [7, 11) is 0. The van der Waals surface area contributed by atoms with Crippen LogP contribution in [0.5, 0.6) is 0 Å². The topological polar surface area (TPSA) is 0 Å². The first kappa shape index (κ1) is 7.57. The lowest BCUT2D eigenvalue weighted by Crippen LogP contribution is -2.22. The van der Waals surface area contributed by atoms with Gasteiger partial charge in [0.1, 0.15) is 0 Å². The fourth-order valence-corrected chi connectivity index (χ4v) is 4.87. The molecule has 0 nitrogen and oxygen atoms in total. The summed E-state index contributed by atoms with van der Waals surface area (Å²) >= 11 is 0. The molecule has 14 heavy (non-hydrogen) atoms. The van der Waals surface area contributed by atoms with Crippen LogP contribution in [-0.2, 0) is 0 Å². The molecule has 0 aromatic heterocycles. The van der Waals surface area contributed by atoms with Crippen molar-refractivity contribution in [3.63, 3.8) is 0 Å². The Kier molecular flexibility index (Phi) is 1.06. The van der Waals surface area contributed by atoms with Gasteiger partial charge in [-0.25, -0.2) is 0 Å². The van der Waals surface area contributed by atoms with Gasteiger partial charge in [0.2, 0.25) is 0 Å². The summed E-state index contributed by atoms with van der Waals surface area (Å²) in [5.74, 6) is 8.79. The lowest BCUT2D eigenvalue weighted by atomic mass is 9.76. The van der Waals surface area contributed by atoms with Gasteiger partial charge in [0.05, 0.1) is 0 Å². The molecule has 0 aliphatic heterocycles. The second-order valence-corrected chi connectivity index (χ2v) is 5.76. The molecule has 4 atom stereocenters. The predicted octanol–water partition coefficient (Wildman–Crippen LogP) is 3.15. The summed E-state index contributed by atoms with van der Waals surface area (Å²) in [6, 6.07) is 0. The number of hydrogen-bond donors (Lipinski definition) is 0. The Morgan fingerprint density at radius 2 is 2.43 bits per heavy atom. The molecule has 3 saturated carbocycles. The van der Waals surface area contributed by atoms with Gasteiger partial charge in [-0.05, 0) is 50.9 Å². The van der Waals surface area contributed by atoms with Gasteiger partial charge in [0.15, 0.2) is 0 Å². The van der Waals surface area contributed by atoms with Gasteiger partial charge in [-0.2, -0.15) is 0 Å². The molecule has 4 rings (SSSR count). The third-order valence-electron chi connectivity index (χ3n) is 5.35. The van der Waals surface area contributed by atoms with Crippen molar-refractivity contribution < 1.29 is 0 Å². The third-order valence-corrected chi connectivity index (χ3v) is 5.35. The summed E-state index contributed by atoms with van der Waals surface area (Å²) in [4.78, 5) is 0. The average Bonchev–Trinajstić information content (AvgIpc) is 2.52. The van der Waals surface area contributed by atoms with Gasteiger partial charge < -0.3 is 0 Å². The molecule has 72 valence electrons. The van der Waals surface area contributed by atoms with E-state index in [1.54, 1.807) is 0 Å². The Morgan fingerprint density at radius 1 is 1.50 bits per heavy atom. The average molecular weight is 184 g/mol. The van der Waals surface area contributed by atoms with E-state index in [0.29, 0.717) is 5.41 Å². The Balaban J connectivity index is 1.84. The molecule has 0 saturated heterocycles. The summed E-state index contributed by atoms with van der Waals surface area (Å²) in [5.41, 5.74) is 3.00. The van der Waals surface area contributed by atoms with Crippen LogP contribution >= 0.6 is 0 Å². The van der Waals surface area contributed by atoms with Gasteiger partial charge in [0, 0.05) is 10.8 Å². The molecule has 0 amide bonds. The first-order chi connectivity index (χ1) is 6.81. The molecule has 0 aromatic carbocycles. The van der Waals surface area contributed by atoms with Crippen molar-refractivity contribution in [2.45, 2.75) is 39.0 Å². The highest BCUT2D eigenvalue weighted by atomic mass is 14.8. The van der Waals surface area contributed by atoms with Crippen molar-refractivity contribution in [2.24, 2.45) is 22.7 Å². The van der Waals surface area contributed by atoms with Crippen molar-refractivity contribution >= 4 is 0 Å². The summed E-state index contributed by atoms with van der Waals surface area (Å²) in [6.07, 6.45) is 9.53. The zero-order valence-electron chi connectivity index (χ0n) is 8.77. The van der Waals surface area contributed by atoms with Gasteiger partial charge in [-0.3, -0.25) is 0 Å². The van der Waals surface area contributed by atoms with Gasteiger partial charge in [0.25, 0.3) is 0 Å². The van der Waals surface area contributed by atoms with Gasteiger partial charge >= 0.3 is 0 Å². The van der Waals surface area contributed by atoms with Crippen molar-refractivity contribution in [1.82, 2.24) is 0 Å². The molecule has 0 heterocycles. The summed E-state index contributed by atoms with van der Waals surface area (Å²) in [5, 5.41) is 0. The third kappa shape index (κ3) is 0.584. The van der Waals surface area contributed by atoms with E-state index >= 15 is 0 Å². The molecule has 4 aliphatic rings. The van der Waals surface area contributed by atoms with Crippen molar-refractivity contribution in [3.05, 3.63) is 11.6 Å². The van der Waals surface area contributed by atoms with Crippen molar-refractivity contribution in [1.29, 1.82) is 0 Å². The number of rotatable bonds is 0. The molecule has 1 spiro atoms. The Morgan fingerprint density at radius 3 is 3.29 bits per heavy atom. The molecule has 4 unspecified atom stereocenters. The van der Waals surface area contributed by atoms with Crippen molar-refractivity contribution in [3.8, 4) is 11.8 Å². The van der Waals surface area contributed by atoms with Crippen LogP contribution in [0.2, 0.25) is 0 Å². The zero-order valence-corrected chi connectivity index (χ0v) is 8.77. The standard InChI is InChI=1S/C14H16/c1-2-5-13-6-3-4-11-12-7-10(8-13)14(11,12)9-13/h4,10,12H,3,6-9H2,1H3. The molecule has 0 radical (unpaired) electrons. The van der Waals surface area contributed by atoms with E-state index < -0.39 is 0 Å². The summed E-state index contributed by atoms with van der Waals surface area (Å²) < 4.78 is 0. The highest BCUT2D eigenvalue weighted by Crippen LogP contribution is 2.85. The number of fused-ring (bicyclic) bond motifs is 2. The van der Waals surface area contributed by atoms with E-state index in [1.807, 2.05) is 12.5 Å². The van der Waals surface area contributed by atoms with Crippen LogP contribution < -0.4 is 0 Å². The smallest absolute Gasteiger partial charge is 0.0329 e. The highest BCUT2D eigenvalue weighted by molar-refractivity contribution is 5.50. The van der Waals surface area contributed by atoms with E-state index in [1.165, 1.54) is 32.1 Å². The molecule has 0 aromatic rings. The van der Waals surface area contributed by atoms with Crippen LogP contribution in [0.15, 0.2) is 11.6 Å². The first-order valence-corrected chi connectivity index (χ1v) is 5.95. The van der Waals surface area contributed by atoms with Crippen LogP contribution in [-0.4, -0.2) is 0 Å². The minimum atomic E-state index is 0.433. The van der Waals surface area contributed by atoms with Crippen LogP contribution in [0.1, 0.15) is 39.0 Å². The monoisotopic (exact) mass is 184 g/mol. The van der Waals surface area contributed by atoms with E-state index in [9.17, 15) is 0 Å². The molecule has 0 heteroatoms. The normalized spacial score (nSPS) is 55.9. The molecular formula is C14H16. The largest absolute Gasteiger partial charge is 0.106 e. The van der Waals surface area contributed by atoms with Crippen LogP contribution in [0.4, 0.5) is 0 Å². The Hall–Kier alpha value is -0.700. The maximum Gasteiger partial charge on any atom is 0.0329 e. The van der Waals surface area contributed by atoms with E-state index in [4.69, 9.17) is 0 Å². The predicted molar refractivity (Wildman–Crippen MR) is 56.5 cm³/mol. The maximum atomic E-state index is 3.55. The van der Waals surface area contributed by atoms with Crippen LogP contribution in [0.25, 0.3) is 0 Å². The Bertz CT molecular complexity index is 405. The fraction of sp³-hybridized carbons (Fsp3) is 0.714. The highest BCUT2D eigenvalue weighted by Gasteiger charge is 2.77. The molecule has 0 N–H and O–H groups in total. The molecule has 2 bridgehead atoms. The maximum absolute atomic E-state index is 3.55. The van der Waals surface area contributed by atoms with Crippen molar-refractivity contribution in [2.75, 3.05) is 0 Å². The molecule has 3 fully saturated rings. The second kappa shape index (κ2) is 1.96. The second-order valence-electron chi connectivity index (χ2n) is 5.76. The molecular weight excluding hydrogens is 168 g/mol. The van der Waals surface area contributed by atoms with E-state index in [2.05, 4.69) is 17.9 Å².